The molecule has 0 aliphatic heterocycles. The van der Waals surface area contributed by atoms with E-state index in [4.69, 9.17) is 11.6 Å². The second kappa shape index (κ2) is 3.45. The molecule has 0 fully saturated rings. The fourth-order valence-electron chi connectivity index (χ4n) is 0.519. The second-order valence-corrected chi connectivity index (χ2v) is 2.45. The minimum Gasteiger partial charge on any atom is -0.374 e. The first-order chi connectivity index (χ1) is 4.83. The first-order valence-electron chi connectivity index (χ1n) is 2.72. The Bertz CT molecular complexity index is 201. The van der Waals surface area contributed by atoms with E-state index in [1.807, 2.05) is 0 Å². The molecule has 0 saturated heterocycles. The molecule has 0 saturated carbocycles. The van der Waals surface area contributed by atoms with Gasteiger partial charge in [-0.1, -0.05) is 0 Å². The molecule has 0 radical (unpaired) electrons. The third-order valence-corrected chi connectivity index (χ3v) is 1.51. The fourth-order valence-corrected chi connectivity index (χ4v) is 0.996. The monoisotopic (exact) mass is 160 g/mol. The van der Waals surface area contributed by atoms with Gasteiger partial charge in [-0.2, -0.15) is 4.37 Å². The molecule has 1 heterocycles. The van der Waals surface area contributed by atoms with Crippen molar-refractivity contribution in [1.29, 1.82) is 0 Å². The summed E-state index contributed by atoms with van der Waals surface area (Å²) in [4.78, 5) is 8.24. The fraction of sp³-hybridized carbons (Fsp3) is 0.500. The molecule has 0 atom stereocenters. The first-order valence-corrected chi connectivity index (χ1v) is 3.50. The Hall–Kier alpha value is -0.720. The van der Waals surface area contributed by atoms with E-state index in [9.17, 15) is 0 Å². The maximum absolute atomic E-state index is 5.32. The van der Waals surface area contributed by atoms with Crippen molar-refractivity contribution in [2.24, 2.45) is 5.90 Å². The molecule has 0 aliphatic carbocycles. The van der Waals surface area contributed by atoms with Gasteiger partial charge in [-0.3, -0.25) is 0 Å². The Kier molecular flexibility index (Phi) is 2.55. The van der Waals surface area contributed by atoms with Crippen LogP contribution in [0.3, 0.4) is 0 Å². The van der Waals surface area contributed by atoms with Gasteiger partial charge < -0.3 is 10.6 Å². The lowest BCUT2D eigenvalue weighted by atomic mass is 10.4. The van der Waals surface area contributed by atoms with Crippen molar-refractivity contribution in [2.75, 3.05) is 12.3 Å². The molecule has 0 spiro atoms. The van der Waals surface area contributed by atoms with Gasteiger partial charge in [-0.15, -0.1) is 0 Å². The molecule has 6 heteroatoms. The largest absolute Gasteiger partial charge is 0.374 e. The number of hydrogen-bond donors (Lipinski definition) is 2. The molecular formula is C4H8N4OS. The van der Waals surface area contributed by atoms with Crippen molar-refractivity contribution in [3.05, 3.63) is 5.82 Å². The van der Waals surface area contributed by atoms with Gasteiger partial charge >= 0.3 is 0 Å². The maximum Gasteiger partial charge on any atom is 0.199 e. The minimum atomic E-state index is 0.427. The Morgan fingerprint density at radius 1 is 1.60 bits per heavy atom. The molecule has 56 valence electrons. The Balaban J connectivity index is 2.42. The zero-order chi connectivity index (χ0) is 7.40. The molecule has 0 amide bonds. The lowest BCUT2D eigenvalue weighted by molar-refractivity contribution is 0.140. The Morgan fingerprint density at radius 3 is 2.90 bits per heavy atom. The molecule has 10 heavy (non-hydrogen) atoms. The average Bonchev–Trinajstić information content (AvgIpc) is 2.31. The van der Waals surface area contributed by atoms with Crippen molar-refractivity contribution in [2.45, 2.75) is 6.42 Å². The molecule has 4 N–H and O–H groups in total. The standard InChI is InChI=1S/C4H8N4OS/c5-4-7-3(8-10-4)1-2-9-6/h1-2,6H2,(H2,5,7,8). The number of anilines is 1. The van der Waals surface area contributed by atoms with E-state index in [2.05, 4.69) is 14.2 Å². The maximum atomic E-state index is 5.32. The normalized spacial score (nSPS) is 10.1. The van der Waals surface area contributed by atoms with Gasteiger partial charge in [0.25, 0.3) is 0 Å². The zero-order valence-corrected chi connectivity index (χ0v) is 6.10. The molecule has 0 bridgehead atoms. The van der Waals surface area contributed by atoms with E-state index in [1.54, 1.807) is 0 Å². The van der Waals surface area contributed by atoms with Crippen LogP contribution in [-0.2, 0) is 11.3 Å². The third kappa shape index (κ3) is 1.90. The smallest absolute Gasteiger partial charge is 0.199 e. The summed E-state index contributed by atoms with van der Waals surface area (Å²) in [6.45, 7) is 0.427. The number of aromatic nitrogens is 2. The van der Waals surface area contributed by atoms with Crippen LogP contribution in [-0.4, -0.2) is 16.0 Å². The lowest BCUT2D eigenvalue weighted by Gasteiger charge is -1.90. The van der Waals surface area contributed by atoms with Crippen molar-refractivity contribution in [3.63, 3.8) is 0 Å². The molecule has 0 unspecified atom stereocenters. The van der Waals surface area contributed by atoms with Gasteiger partial charge in [0.05, 0.1) is 6.61 Å². The third-order valence-electron chi connectivity index (χ3n) is 0.927. The second-order valence-electron chi connectivity index (χ2n) is 1.67. The summed E-state index contributed by atoms with van der Waals surface area (Å²) in [5.41, 5.74) is 5.32. The summed E-state index contributed by atoms with van der Waals surface area (Å²) < 4.78 is 3.92. The predicted octanol–water partition coefficient (Wildman–Crippen LogP) is -0.447. The minimum absolute atomic E-state index is 0.427. The van der Waals surface area contributed by atoms with Crippen molar-refractivity contribution in [1.82, 2.24) is 9.36 Å². The van der Waals surface area contributed by atoms with Gasteiger partial charge in [0, 0.05) is 18.0 Å². The number of nitrogens with zero attached hydrogens (tertiary/aromatic N) is 2. The SMILES string of the molecule is NOCCc1nsc(N)n1. The number of nitrogen functional groups attached to an aromatic ring is 1. The van der Waals surface area contributed by atoms with Gasteiger partial charge in [0.15, 0.2) is 5.13 Å². The molecule has 5 nitrogen and oxygen atoms in total. The zero-order valence-electron chi connectivity index (χ0n) is 5.28. The van der Waals surface area contributed by atoms with E-state index in [1.165, 1.54) is 11.5 Å². The van der Waals surface area contributed by atoms with Gasteiger partial charge in [-0.05, 0) is 0 Å². The van der Waals surface area contributed by atoms with Crippen LogP contribution in [0.1, 0.15) is 5.82 Å². The summed E-state index contributed by atoms with van der Waals surface area (Å²) in [6, 6.07) is 0. The van der Waals surface area contributed by atoms with Crippen LogP contribution < -0.4 is 11.6 Å². The van der Waals surface area contributed by atoms with Crippen LogP contribution >= 0.6 is 11.5 Å². The topological polar surface area (TPSA) is 87.0 Å². The molecule has 0 aliphatic rings. The summed E-state index contributed by atoms with van der Waals surface area (Å²) in [5.74, 6) is 5.49. The average molecular weight is 160 g/mol. The van der Waals surface area contributed by atoms with Crippen LogP contribution in [0, 0.1) is 0 Å². The number of nitrogens with two attached hydrogens (primary N) is 2. The summed E-state index contributed by atoms with van der Waals surface area (Å²) in [5, 5.41) is 0.479. The highest BCUT2D eigenvalue weighted by molar-refractivity contribution is 7.09. The van der Waals surface area contributed by atoms with Gasteiger partial charge in [-0.25, -0.2) is 10.9 Å². The molecule has 0 aromatic carbocycles. The van der Waals surface area contributed by atoms with Gasteiger partial charge in [0.1, 0.15) is 5.82 Å². The quantitative estimate of drug-likeness (QED) is 0.585. The molecule has 1 aromatic rings. The highest BCUT2D eigenvalue weighted by Crippen LogP contribution is 2.05. The van der Waals surface area contributed by atoms with Crippen molar-refractivity contribution in [3.8, 4) is 0 Å². The van der Waals surface area contributed by atoms with E-state index in [-0.39, 0.29) is 0 Å². The van der Waals surface area contributed by atoms with Crippen LogP contribution in [0.25, 0.3) is 0 Å². The number of rotatable bonds is 3. The predicted molar refractivity (Wildman–Crippen MR) is 38.2 cm³/mol. The summed E-state index contributed by atoms with van der Waals surface area (Å²) in [7, 11) is 0. The van der Waals surface area contributed by atoms with E-state index < -0.39 is 0 Å². The summed E-state index contributed by atoms with van der Waals surface area (Å²) in [6.07, 6.45) is 0.615. The highest BCUT2D eigenvalue weighted by atomic mass is 32.1. The van der Waals surface area contributed by atoms with Crippen LogP contribution in [0.4, 0.5) is 5.13 Å². The molecule has 1 rings (SSSR count). The van der Waals surface area contributed by atoms with E-state index in [0.29, 0.717) is 24.0 Å². The van der Waals surface area contributed by atoms with Crippen molar-refractivity contribution >= 4 is 16.7 Å². The van der Waals surface area contributed by atoms with Crippen LogP contribution in [0.2, 0.25) is 0 Å². The van der Waals surface area contributed by atoms with Crippen molar-refractivity contribution < 1.29 is 4.84 Å². The lowest BCUT2D eigenvalue weighted by Crippen LogP contribution is -2.04. The Labute approximate surface area is 62.1 Å². The number of hydrogen-bond acceptors (Lipinski definition) is 6. The van der Waals surface area contributed by atoms with Gasteiger partial charge in [0.2, 0.25) is 0 Å². The first kappa shape index (κ1) is 7.39. The van der Waals surface area contributed by atoms with Crippen LogP contribution in [0.5, 0.6) is 0 Å². The van der Waals surface area contributed by atoms with E-state index >= 15 is 0 Å². The summed E-state index contributed by atoms with van der Waals surface area (Å²) >= 11 is 1.18. The molecule has 1 aromatic heterocycles. The highest BCUT2D eigenvalue weighted by Gasteiger charge is 1.98. The van der Waals surface area contributed by atoms with Crippen LogP contribution in [0.15, 0.2) is 0 Å². The molecular weight excluding hydrogens is 152 g/mol. The van der Waals surface area contributed by atoms with E-state index in [0.717, 1.165) is 0 Å². The Morgan fingerprint density at radius 2 is 2.40 bits per heavy atom.